The SMILES string of the molecule is CC(C)(C#N)NC(=O)CC1CC1. The zero-order chi connectivity index (χ0) is 9.19. The van der Waals surface area contributed by atoms with Crippen LogP contribution >= 0.6 is 0 Å². The highest BCUT2D eigenvalue weighted by Crippen LogP contribution is 2.32. The summed E-state index contributed by atoms with van der Waals surface area (Å²) in [6.07, 6.45) is 2.92. The van der Waals surface area contributed by atoms with E-state index in [-0.39, 0.29) is 5.91 Å². The summed E-state index contributed by atoms with van der Waals surface area (Å²) in [5.41, 5.74) is -0.716. The van der Waals surface area contributed by atoms with Crippen LogP contribution in [-0.4, -0.2) is 11.4 Å². The van der Waals surface area contributed by atoms with Crippen LogP contribution in [0, 0.1) is 17.2 Å². The molecule has 0 aromatic rings. The molecule has 0 bridgehead atoms. The van der Waals surface area contributed by atoms with Crippen molar-refractivity contribution in [3.8, 4) is 6.07 Å². The van der Waals surface area contributed by atoms with Gasteiger partial charge in [-0.2, -0.15) is 5.26 Å². The van der Waals surface area contributed by atoms with Crippen LogP contribution in [0.4, 0.5) is 0 Å². The lowest BCUT2D eigenvalue weighted by Gasteiger charge is -2.16. The van der Waals surface area contributed by atoms with Crippen LogP contribution in [0.2, 0.25) is 0 Å². The molecule has 66 valence electrons. The maximum absolute atomic E-state index is 11.2. The van der Waals surface area contributed by atoms with Gasteiger partial charge >= 0.3 is 0 Å². The van der Waals surface area contributed by atoms with E-state index >= 15 is 0 Å². The second kappa shape index (κ2) is 3.14. The first kappa shape index (κ1) is 9.05. The van der Waals surface area contributed by atoms with Gasteiger partial charge < -0.3 is 5.32 Å². The maximum Gasteiger partial charge on any atom is 0.221 e. The maximum atomic E-state index is 11.2. The lowest BCUT2D eigenvalue weighted by atomic mass is 10.1. The molecule has 0 saturated heterocycles. The fraction of sp³-hybridized carbons (Fsp3) is 0.778. The highest BCUT2D eigenvalue weighted by atomic mass is 16.1. The fourth-order valence-electron chi connectivity index (χ4n) is 1.01. The minimum absolute atomic E-state index is 0.00375. The molecule has 1 amide bonds. The third-order valence-electron chi connectivity index (χ3n) is 1.90. The Hall–Kier alpha value is -1.04. The van der Waals surface area contributed by atoms with Gasteiger partial charge in [-0.05, 0) is 32.6 Å². The van der Waals surface area contributed by atoms with Crippen molar-refractivity contribution in [1.29, 1.82) is 5.26 Å². The molecule has 1 N–H and O–H groups in total. The first-order valence-electron chi connectivity index (χ1n) is 4.26. The molecule has 3 nitrogen and oxygen atoms in total. The van der Waals surface area contributed by atoms with Crippen molar-refractivity contribution in [2.45, 2.75) is 38.6 Å². The summed E-state index contributed by atoms with van der Waals surface area (Å²) in [5.74, 6) is 0.587. The van der Waals surface area contributed by atoms with Crippen molar-refractivity contribution >= 4 is 5.91 Å². The van der Waals surface area contributed by atoms with Crippen molar-refractivity contribution in [3.63, 3.8) is 0 Å². The lowest BCUT2D eigenvalue weighted by molar-refractivity contribution is -0.122. The predicted octanol–water partition coefficient (Wildman–Crippen LogP) is 1.20. The van der Waals surface area contributed by atoms with Crippen molar-refractivity contribution in [1.82, 2.24) is 5.32 Å². The summed E-state index contributed by atoms with van der Waals surface area (Å²) in [4.78, 5) is 11.2. The van der Waals surface area contributed by atoms with E-state index < -0.39 is 5.54 Å². The van der Waals surface area contributed by atoms with E-state index in [0.717, 1.165) is 0 Å². The smallest absolute Gasteiger partial charge is 0.221 e. The molecule has 0 aromatic carbocycles. The molecule has 0 atom stereocenters. The van der Waals surface area contributed by atoms with Crippen LogP contribution in [0.1, 0.15) is 33.1 Å². The number of amides is 1. The van der Waals surface area contributed by atoms with Crippen molar-refractivity contribution in [2.24, 2.45) is 5.92 Å². The molecule has 0 aliphatic heterocycles. The van der Waals surface area contributed by atoms with Gasteiger partial charge in [-0.15, -0.1) is 0 Å². The van der Waals surface area contributed by atoms with Gasteiger partial charge in [-0.3, -0.25) is 4.79 Å². The minimum atomic E-state index is -0.716. The molecular weight excluding hydrogens is 152 g/mol. The van der Waals surface area contributed by atoms with E-state index in [2.05, 4.69) is 5.32 Å². The summed E-state index contributed by atoms with van der Waals surface area (Å²) >= 11 is 0. The van der Waals surface area contributed by atoms with Crippen LogP contribution in [0.3, 0.4) is 0 Å². The van der Waals surface area contributed by atoms with Gasteiger partial charge in [0.15, 0.2) is 0 Å². The predicted molar refractivity (Wildman–Crippen MR) is 45.2 cm³/mol. The molecule has 0 aromatic heterocycles. The van der Waals surface area contributed by atoms with Crippen LogP contribution < -0.4 is 5.32 Å². The Kier molecular flexibility index (Phi) is 2.37. The molecule has 0 heterocycles. The molecule has 1 fully saturated rings. The fourth-order valence-corrected chi connectivity index (χ4v) is 1.01. The van der Waals surface area contributed by atoms with Gasteiger partial charge in [0, 0.05) is 6.42 Å². The summed E-state index contributed by atoms with van der Waals surface area (Å²) in [5, 5.41) is 11.3. The zero-order valence-corrected chi connectivity index (χ0v) is 7.55. The van der Waals surface area contributed by atoms with Crippen molar-refractivity contribution in [2.75, 3.05) is 0 Å². The molecule has 1 aliphatic carbocycles. The number of carbonyl (C=O) groups is 1. The topological polar surface area (TPSA) is 52.9 Å². The Labute approximate surface area is 72.8 Å². The first-order chi connectivity index (χ1) is 5.53. The minimum Gasteiger partial charge on any atom is -0.338 e. The number of nitrogens with one attached hydrogen (secondary N) is 1. The first-order valence-corrected chi connectivity index (χ1v) is 4.26. The number of carbonyl (C=O) groups excluding carboxylic acids is 1. The van der Waals surface area contributed by atoms with E-state index in [1.807, 2.05) is 6.07 Å². The van der Waals surface area contributed by atoms with Crippen LogP contribution in [0.25, 0.3) is 0 Å². The van der Waals surface area contributed by atoms with Gasteiger partial charge in [-0.25, -0.2) is 0 Å². The van der Waals surface area contributed by atoms with Crippen LogP contribution in [0.5, 0.6) is 0 Å². The highest BCUT2D eigenvalue weighted by Gasteiger charge is 2.27. The molecule has 0 unspecified atom stereocenters. The second-order valence-electron chi connectivity index (χ2n) is 3.93. The molecule has 1 rings (SSSR count). The van der Waals surface area contributed by atoms with E-state index in [1.54, 1.807) is 13.8 Å². The summed E-state index contributed by atoms with van der Waals surface area (Å²) < 4.78 is 0. The average Bonchev–Trinajstić information content (AvgIpc) is 2.70. The third-order valence-corrected chi connectivity index (χ3v) is 1.90. The molecule has 1 saturated carbocycles. The number of rotatable bonds is 3. The van der Waals surface area contributed by atoms with E-state index in [9.17, 15) is 4.79 Å². The van der Waals surface area contributed by atoms with E-state index in [1.165, 1.54) is 12.8 Å². The monoisotopic (exact) mass is 166 g/mol. The van der Waals surface area contributed by atoms with Crippen molar-refractivity contribution in [3.05, 3.63) is 0 Å². The number of nitriles is 1. The van der Waals surface area contributed by atoms with Gasteiger partial charge in [0.25, 0.3) is 0 Å². The van der Waals surface area contributed by atoms with Crippen LogP contribution in [-0.2, 0) is 4.79 Å². The lowest BCUT2D eigenvalue weighted by Crippen LogP contribution is -2.42. The number of hydrogen-bond acceptors (Lipinski definition) is 2. The summed E-state index contributed by atoms with van der Waals surface area (Å²) in [6, 6.07) is 2.03. The van der Waals surface area contributed by atoms with Crippen LogP contribution in [0.15, 0.2) is 0 Å². The zero-order valence-electron chi connectivity index (χ0n) is 7.55. The third kappa shape index (κ3) is 2.91. The van der Waals surface area contributed by atoms with E-state index in [0.29, 0.717) is 12.3 Å². The number of nitrogens with zero attached hydrogens (tertiary/aromatic N) is 1. The Morgan fingerprint density at radius 1 is 1.67 bits per heavy atom. The van der Waals surface area contributed by atoms with E-state index in [4.69, 9.17) is 5.26 Å². The molecule has 0 radical (unpaired) electrons. The molecule has 3 heteroatoms. The summed E-state index contributed by atoms with van der Waals surface area (Å²) in [7, 11) is 0. The van der Waals surface area contributed by atoms with Gasteiger partial charge in [0.05, 0.1) is 6.07 Å². The summed E-state index contributed by atoms with van der Waals surface area (Å²) in [6.45, 7) is 3.41. The standard InChI is InChI=1S/C9H14N2O/c1-9(2,6-10)11-8(12)5-7-3-4-7/h7H,3-5H2,1-2H3,(H,11,12). The normalized spacial score (nSPS) is 16.8. The van der Waals surface area contributed by atoms with Gasteiger partial charge in [0.1, 0.15) is 5.54 Å². The molecule has 0 spiro atoms. The second-order valence-corrected chi connectivity index (χ2v) is 3.93. The van der Waals surface area contributed by atoms with Gasteiger partial charge in [0.2, 0.25) is 5.91 Å². The van der Waals surface area contributed by atoms with Crippen molar-refractivity contribution < 1.29 is 4.79 Å². The molecule has 1 aliphatic rings. The Bertz CT molecular complexity index is 223. The number of hydrogen-bond donors (Lipinski definition) is 1. The molecular formula is C9H14N2O. The molecule has 12 heavy (non-hydrogen) atoms. The highest BCUT2D eigenvalue weighted by molar-refractivity contribution is 5.77. The van der Waals surface area contributed by atoms with Gasteiger partial charge in [-0.1, -0.05) is 0 Å². The average molecular weight is 166 g/mol. The Balaban J connectivity index is 2.29. The largest absolute Gasteiger partial charge is 0.338 e. The quantitative estimate of drug-likeness (QED) is 0.685. The Morgan fingerprint density at radius 3 is 2.67 bits per heavy atom. The Morgan fingerprint density at radius 2 is 2.25 bits per heavy atom.